The van der Waals surface area contributed by atoms with Gasteiger partial charge in [0.2, 0.25) is 5.91 Å². The number of rotatable bonds is 4. The zero-order valence-corrected chi connectivity index (χ0v) is 12.5. The molecule has 4 nitrogen and oxygen atoms in total. The standard InChI is InChI=1S/C17H14ClN3O/c18-14-6-3-12(4-7-14)10-20-16(22)8-5-13-11-21-17-15(13)2-1-9-19-17/h1-9,11H,10H2,(H,19,21)(H,20,22)/b8-5+. The van der Waals surface area contributed by atoms with Crippen molar-refractivity contribution >= 4 is 34.6 Å². The molecule has 0 aliphatic heterocycles. The van der Waals surface area contributed by atoms with E-state index >= 15 is 0 Å². The Morgan fingerprint density at radius 1 is 1.27 bits per heavy atom. The molecule has 110 valence electrons. The van der Waals surface area contributed by atoms with E-state index in [0.717, 1.165) is 22.2 Å². The van der Waals surface area contributed by atoms with Crippen LogP contribution >= 0.6 is 11.6 Å². The normalized spacial score (nSPS) is 11.1. The second-order valence-electron chi connectivity index (χ2n) is 4.82. The van der Waals surface area contributed by atoms with Crippen molar-refractivity contribution in [1.29, 1.82) is 0 Å². The molecule has 1 aromatic carbocycles. The average Bonchev–Trinajstić information content (AvgIpc) is 2.96. The van der Waals surface area contributed by atoms with Crippen molar-refractivity contribution in [1.82, 2.24) is 15.3 Å². The molecular formula is C17H14ClN3O. The first-order valence-corrected chi connectivity index (χ1v) is 7.22. The van der Waals surface area contributed by atoms with Gasteiger partial charge in [0, 0.05) is 41.0 Å². The van der Waals surface area contributed by atoms with Crippen molar-refractivity contribution in [2.45, 2.75) is 6.54 Å². The number of carbonyl (C=O) groups is 1. The fraction of sp³-hybridized carbons (Fsp3) is 0.0588. The molecule has 2 aromatic heterocycles. The maximum atomic E-state index is 11.9. The van der Waals surface area contributed by atoms with Gasteiger partial charge < -0.3 is 10.3 Å². The lowest BCUT2D eigenvalue weighted by atomic mass is 10.2. The van der Waals surface area contributed by atoms with Crippen LogP contribution in [0, 0.1) is 0 Å². The molecule has 0 saturated carbocycles. The van der Waals surface area contributed by atoms with Gasteiger partial charge in [0.25, 0.3) is 0 Å². The van der Waals surface area contributed by atoms with Crippen molar-refractivity contribution in [3.05, 3.63) is 71.0 Å². The van der Waals surface area contributed by atoms with Gasteiger partial charge in [-0.1, -0.05) is 23.7 Å². The van der Waals surface area contributed by atoms with Crippen molar-refractivity contribution in [2.24, 2.45) is 0 Å². The maximum Gasteiger partial charge on any atom is 0.244 e. The highest BCUT2D eigenvalue weighted by atomic mass is 35.5. The molecule has 22 heavy (non-hydrogen) atoms. The number of halogens is 1. The van der Waals surface area contributed by atoms with Crippen LogP contribution in [0.5, 0.6) is 0 Å². The Morgan fingerprint density at radius 2 is 2.09 bits per heavy atom. The molecule has 1 amide bonds. The van der Waals surface area contributed by atoms with Crippen LogP contribution in [0.4, 0.5) is 0 Å². The number of pyridine rings is 1. The summed E-state index contributed by atoms with van der Waals surface area (Å²) in [6.07, 6.45) is 6.86. The van der Waals surface area contributed by atoms with E-state index in [4.69, 9.17) is 11.6 Å². The maximum absolute atomic E-state index is 11.9. The van der Waals surface area contributed by atoms with E-state index in [1.54, 1.807) is 24.4 Å². The number of aromatic amines is 1. The van der Waals surface area contributed by atoms with Gasteiger partial charge >= 0.3 is 0 Å². The Balaban J connectivity index is 1.62. The quantitative estimate of drug-likeness (QED) is 0.724. The third-order valence-corrected chi connectivity index (χ3v) is 3.53. The third-order valence-electron chi connectivity index (χ3n) is 3.28. The molecular weight excluding hydrogens is 298 g/mol. The van der Waals surface area contributed by atoms with Crippen molar-refractivity contribution in [3.63, 3.8) is 0 Å². The van der Waals surface area contributed by atoms with Crippen molar-refractivity contribution < 1.29 is 4.79 Å². The number of carbonyl (C=O) groups excluding carboxylic acids is 1. The Labute approximate surface area is 132 Å². The molecule has 5 heteroatoms. The summed E-state index contributed by atoms with van der Waals surface area (Å²) < 4.78 is 0. The lowest BCUT2D eigenvalue weighted by molar-refractivity contribution is -0.116. The number of fused-ring (bicyclic) bond motifs is 1. The van der Waals surface area contributed by atoms with E-state index in [-0.39, 0.29) is 5.91 Å². The highest BCUT2D eigenvalue weighted by Gasteiger charge is 2.01. The van der Waals surface area contributed by atoms with E-state index in [1.807, 2.05) is 30.5 Å². The first kappa shape index (κ1) is 14.4. The lowest BCUT2D eigenvalue weighted by Gasteiger charge is -2.02. The molecule has 2 heterocycles. The second kappa shape index (κ2) is 6.45. The summed E-state index contributed by atoms with van der Waals surface area (Å²) in [5, 5.41) is 4.51. The topological polar surface area (TPSA) is 57.8 Å². The van der Waals surface area contributed by atoms with Crippen LogP contribution in [0.1, 0.15) is 11.1 Å². The van der Waals surface area contributed by atoms with Gasteiger partial charge in [-0.2, -0.15) is 0 Å². The second-order valence-corrected chi connectivity index (χ2v) is 5.26. The summed E-state index contributed by atoms with van der Waals surface area (Å²) in [5.41, 5.74) is 2.75. The number of amides is 1. The Bertz CT molecular complexity index is 821. The van der Waals surface area contributed by atoms with E-state index in [0.29, 0.717) is 11.6 Å². The number of H-pyrrole nitrogens is 1. The van der Waals surface area contributed by atoms with Gasteiger partial charge in [0.15, 0.2) is 0 Å². The van der Waals surface area contributed by atoms with Gasteiger partial charge in [0.1, 0.15) is 5.65 Å². The minimum Gasteiger partial charge on any atom is -0.348 e. The highest BCUT2D eigenvalue weighted by Crippen LogP contribution is 2.16. The van der Waals surface area contributed by atoms with E-state index in [9.17, 15) is 4.79 Å². The highest BCUT2D eigenvalue weighted by molar-refractivity contribution is 6.30. The summed E-state index contributed by atoms with van der Waals surface area (Å²) >= 11 is 5.82. The number of nitrogens with one attached hydrogen (secondary N) is 2. The van der Waals surface area contributed by atoms with Crippen LogP contribution in [-0.4, -0.2) is 15.9 Å². The van der Waals surface area contributed by atoms with Gasteiger partial charge in [-0.05, 0) is 35.9 Å². The molecule has 0 atom stereocenters. The van der Waals surface area contributed by atoms with Crippen LogP contribution in [0.25, 0.3) is 17.1 Å². The monoisotopic (exact) mass is 311 g/mol. The number of nitrogens with zero attached hydrogens (tertiary/aromatic N) is 1. The van der Waals surface area contributed by atoms with Crippen molar-refractivity contribution in [2.75, 3.05) is 0 Å². The molecule has 0 radical (unpaired) electrons. The molecule has 0 spiro atoms. The fourth-order valence-corrected chi connectivity index (χ4v) is 2.26. The Hall–Kier alpha value is -2.59. The summed E-state index contributed by atoms with van der Waals surface area (Å²) in [5.74, 6) is -0.145. The number of hydrogen-bond donors (Lipinski definition) is 2. The van der Waals surface area contributed by atoms with E-state index in [2.05, 4.69) is 15.3 Å². The van der Waals surface area contributed by atoms with Gasteiger partial charge in [-0.25, -0.2) is 4.98 Å². The summed E-state index contributed by atoms with van der Waals surface area (Å²) in [4.78, 5) is 19.1. The molecule has 2 N–H and O–H groups in total. The molecule has 0 fully saturated rings. The fourth-order valence-electron chi connectivity index (χ4n) is 2.13. The Morgan fingerprint density at radius 3 is 2.91 bits per heavy atom. The van der Waals surface area contributed by atoms with Crippen LogP contribution in [0.2, 0.25) is 5.02 Å². The minimum absolute atomic E-state index is 0.145. The van der Waals surface area contributed by atoms with Crippen LogP contribution < -0.4 is 5.32 Å². The zero-order valence-electron chi connectivity index (χ0n) is 11.7. The zero-order chi connectivity index (χ0) is 15.4. The predicted molar refractivity (Wildman–Crippen MR) is 88.4 cm³/mol. The summed E-state index contributed by atoms with van der Waals surface area (Å²) in [7, 11) is 0. The summed E-state index contributed by atoms with van der Waals surface area (Å²) in [6, 6.07) is 11.2. The van der Waals surface area contributed by atoms with E-state index < -0.39 is 0 Å². The largest absolute Gasteiger partial charge is 0.348 e. The first-order chi connectivity index (χ1) is 10.7. The molecule has 0 aliphatic carbocycles. The summed E-state index contributed by atoms with van der Waals surface area (Å²) in [6.45, 7) is 0.468. The number of benzene rings is 1. The third kappa shape index (κ3) is 3.35. The molecule has 3 aromatic rings. The van der Waals surface area contributed by atoms with Crippen LogP contribution in [-0.2, 0) is 11.3 Å². The van der Waals surface area contributed by atoms with E-state index in [1.165, 1.54) is 6.08 Å². The number of aromatic nitrogens is 2. The number of hydrogen-bond acceptors (Lipinski definition) is 2. The average molecular weight is 312 g/mol. The molecule has 0 saturated heterocycles. The first-order valence-electron chi connectivity index (χ1n) is 6.85. The molecule has 0 aliphatic rings. The SMILES string of the molecule is O=C(/C=C/c1c[nH]c2ncccc12)NCc1ccc(Cl)cc1. The van der Waals surface area contributed by atoms with Crippen LogP contribution in [0.15, 0.2) is 54.9 Å². The van der Waals surface area contributed by atoms with Gasteiger partial charge in [-0.15, -0.1) is 0 Å². The lowest BCUT2D eigenvalue weighted by Crippen LogP contribution is -2.20. The Kier molecular flexibility index (Phi) is 4.21. The van der Waals surface area contributed by atoms with Crippen molar-refractivity contribution in [3.8, 4) is 0 Å². The van der Waals surface area contributed by atoms with Gasteiger partial charge in [-0.3, -0.25) is 4.79 Å². The predicted octanol–water partition coefficient (Wildman–Crippen LogP) is 3.55. The molecule has 3 rings (SSSR count). The van der Waals surface area contributed by atoms with Crippen LogP contribution in [0.3, 0.4) is 0 Å². The van der Waals surface area contributed by atoms with Gasteiger partial charge in [0.05, 0.1) is 0 Å². The minimum atomic E-state index is -0.145. The smallest absolute Gasteiger partial charge is 0.244 e. The molecule has 0 unspecified atom stereocenters. The molecule has 0 bridgehead atoms.